The molecule has 0 unspecified atom stereocenters. The zero-order chi connectivity index (χ0) is 10.8. The first-order valence-electron chi connectivity index (χ1n) is 4.51. The number of aliphatic hydroxyl groups excluding tert-OH is 1. The maximum Gasteiger partial charge on any atom is 0.0576 e. The first kappa shape index (κ1) is 12.1. The second-order valence-electron chi connectivity index (χ2n) is 3.93. The Morgan fingerprint density at radius 1 is 1.43 bits per heavy atom. The van der Waals surface area contributed by atoms with Gasteiger partial charge in [0.05, 0.1) is 6.61 Å². The highest BCUT2D eigenvalue weighted by atomic mass is 79.9. The number of aryl methyl sites for hydroxylation is 1. The van der Waals surface area contributed by atoms with Crippen molar-refractivity contribution in [1.29, 1.82) is 0 Å². The number of benzene rings is 1. The van der Waals surface area contributed by atoms with Crippen molar-refractivity contribution in [3.05, 3.63) is 28.2 Å². The zero-order valence-electron chi connectivity index (χ0n) is 8.67. The minimum absolute atomic E-state index is 0.119. The van der Waals surface area contributed by atoms with Crippen LogP contribution in [0.15, 0.2) is 27.6 Å². The lowest BCUT2D eigenvalue weighted by atomic mass is 10.2. The largest absolute Gasteiger partial charge is 0.395 e. The SMILES string of the molecule is Cc1ccc(Br)cc1SC(C)(C)CO. The number of hydrogen-bond donors (Lipinski definition) is 1. The standard InChI is InChI=1S/C11H15BrOS/c1-8-4-5-9(12)6-10(8)14-11(2,3)7-13/h4-6,13H,7H2,1-3H3. The summed E-state index contributed by atoms with van der Waals surface area (Å²) in [7, 11) is 0. The molecule has 1 aromatic carbocycles. The Morgan fingerprint density at radius 3 is 2.64 bits per heavy atom. The molecule has 0 bridgehead atoms. The summed E-state index contributed by atoms with van der Waals surface area (Å²) in [6.07, 6.45) is 0. The Bertz CT molecular complexity index is 323. The lowest BCUT2D eigenvalue weighted by Crippen LogP contribution is -2.19. The van der Waals surface area contributed by atoms with Crippen molar-refractivity contribution < 1.29 is 5.11 Å². The third-order valence-corrected chi connectivity index (χ3v) is 3.75. The lowest BCUT2D eigenvalue weighted by molar-refractivity contribution is 0.265. The Morgan fingerprint density at radius 2 is 2.07 bits per heavy atom. The normalized spacial score (nSPS) is 11.8. The van der Waals surface area contributed by atoms with Crippen LogP contribution >= 0.6 is 27.7 Å². The molecule has 0 aliphatic carbocycles. The Labute approximate surface area is 98.0 Å². The molecule has 1 nitrogen and oxygen atoms in total. The molecule has 0 radical (unpaired) electrons. The molecule has 1 N–H and O–H groups in total. The van der Waals surface area contributed by atoms with E-state index in [-0.39, 0.29) is 11.4 Å². The topological polar surface area (TPSA) is 20.2 Å². The number of halogens is 1. The van der Waals surface area contributed by atoms with Crippen LogP contribution < -0.4 is 0 Å². The van der Waals surface area contributed by atoms with Gasteiger partial charge in [-0.2, -0.15) is 0 Å². The van der Waals surface area contributed by atoms with E-state index in [1.165, 1.54) is 10.5 Å². The zero-order valence-corrected chi connectivity index (χ0v) is 11.1. The second kappa shape index (κ2) is 4.69. The van der Waals surface area contributed by atoms with Crippen molar-refractivity contribution in [3.8, 4) is 0 Å². The molecule has 14 heavy (non-hydrogen) atoms. The molecule has 0 fully saturated rings. The third kappa shape index (κ3) is 3.30. The van der Waals surface area contributed by atoms with Crippen LogP contribution in [0.3, 0.4) is 0 Å². The maximum atomic E-state index is 9.18. The summed E-state index contributed by atoms with van der Waals surface area (Å²) < 4.78 is 0.963. The molecule has 0 aliphatic heterocycles. The van der Waals surface area contributed by atoms with Gasteiger partial charge in [-0.15, -0.1) is 11.8 Å². The summed E-state index contributed by atoms with van der Waals surface area (Å²) >= 11 is 5.16. The Kier molecular flexibility index (Phi) is 4.04. The first-order chi connectivity index (χ1) is 6.44. The molecule has 0 aliphatic rings. The van der Waals surface area contributed by atoms with E-state index in [0.29, 0.717) is 0 Å². The van der Waals surface area contributed by atoms with Crippen LogP contribution in [-0.4, -0.2) is 16.5 Å². The number of rotatable bonds is 3. The molecule has 1 rings (SSSR count). The molecule has 3 heteroatoms. The fraction of sp³-hybridized carbons (Fsp3) is 0.455. The molecule has 0 saturated carbocycles. The van der Waals surface area contributed by atoms with E-state index in [2.05, 4.69) is 35.0 Å². The molecule has 0 spiro atoms. The predicted octanol–water partition coefficient (Wildman–Crippen LogP) is 3.62. The second-order valence-corrected chi connectivity index (χ2v) is 6.59. The van der Waals surface area contributed by atoms with Gasteiger partial charge in [-0.1, -0.05) is 22.0 Å². The van der Waals surface area contributed by atoms with E-state index in [1.54, 1.807) is 11.8 Å². The summed E-state index contributed by atoms with van der Waals surface area (Å²) in [6, 6.07) is 6.21. The number of aliphatic hydroxyl groups is 1. The van der Waals surface area contributed by atoms with Gasteiger partial charge in [0, 0.05) is 14.1 Å². The summed E-state index contributed by atoms with van der Waals surface area (Å²) in [4.78, 5) is 1.22. The smallest absolute Gasteiger partial charge is 0.0576 e. The summed E-state index contributed by atoms with van der Waals surface area (Å²) in [5.74, 6) is 0. The van der Waals surface area contributed by atoms with Gasteiger partial charge in [0.25, 0.3) is 0 Å². The minimum atomic E-state index is -0.119. The molecule has 1 aromatic rings. The van der Waals surface area contributed by atoms with Gasteiger partial charge in [-0.25, -0.2) is 0 Å². The quantitative estimate of drug-likeness (QED) is 0.850. The van der Waals surface area contributed by atoms with E-state index >= 15 is 0 Å². The van der Waals surface area contributed by atoms with Crippen molar-refractivity contribution in [2.24, 2.45) is 0 Å². The predicted molar refractivity (Wildman–Crippen MR) is 65.9 cm³/mol. The highest BCUT2D eigenvalue weighted by molar-refractivity contribution is 9.10. The summed E-state index contributed by atoms with van der Waals surface area (Å²) in [6.45, 7) is 6.35. The van der Waals surface area contributed by atoms with Crippen LogP contribution in [0.1, 0.15) is 19.4 Å². The monoisotopic (exact) mass is 274 g/mol. The van der Waals surface area contributed by atoms with Crippen molar-refractivity contribution in [2.45, 2.75) is 30.4 Å². The van der Waals surface area contributed by atoms with Crippen LogP contribution in [0.4, 0.5) is 0 Å². The number of hydrogen-bond acceptors (Lipinski definition) is 2. The lowest BCUT2D eigenvalue weighted by Gasteiger charge is -2.22. The van der Waals surface area contributed by atoms with Gasteiger partial charge in [0.2, 0.25) is 0 Å². The first-order valence-corrected chi connectivity index (χ1v) is 6.11. The van der Waals surface area contributed by atoms with Gasteiger partial charge in [0.1, 0.15) is 0 Å². The molecular formula is C11H15BrOS. The maximum absolute atomic E-state index is 9.18. The molecule has 0 atom stereocenters. The molecule has 0 saturated heterocycles. The molecular weight excluding hydrogens is 260 g/mol. The fourth-order valence-corrected chi connectivity index (χ4v) is 2.60. The highest BCUT2D eigenvalue weighted by Crippen LogP contribution is 2.35. The van der Waals surface area contributed by atoms with E-state index in [4.69, 9.17) is 0 Å². The third-order valence-electron chi connectivity index (χ3n) is 1.92. The van der Waals surface area contributed by atoms with Gasteiger partial charge in [0.15, 0.2) is 0 Å². The van der Waals surface area contributed by atoms with Crippen LogP contribution in [0.5, 0.6) is 0 Å². The molecule has 0 heterocycles. The van der Waals surface area contributed by atoms with E-state index in [9.17, 15) is 5.11 Å². The van der Waals surface area contributed by atoms with E-state index < -0.39 is 0 Å². The molecule has 0 aromatic heterocycles. The Hall–Kier alpha value is 0.01000. The van der Waals surface area contributed by atoms with Gasteiger partial charge >= 0.3 is 0 Å². The van der Waals surface area contributed by atoms with Gasteiger partial charge in [-0.05, 0) is 38.5 Å². The molecule has 78 valence electrons. The minimum Gasteiger partial charge on any atom is -0.395 e. The summed E-state index contributed by atoms with van der Waals surface area (Å²) in [5.41, 5.74) is 1.25. The number of thioether (sulfide) groups is 1. The van der Waals surface area contributed by atoms with E-state index in [0.717, 1.165) is 4.47 Å². The fourth-order valence-electron chi connectivity index (χ4n) is 1.01. The van der Waals surface area contributed by atoms with Crippen molar-refractivity contribution >= 4 is 27.7 Å². The van der Waals surface area contributed by atoms with Crippen LogP contribution in [0.25, 0.3) is 0 Å². The van der Waals surface area contributed by atoms with Crippen molar-refractivity contribution in [3.63, 3.8) is 0 Å². The highest BCUT2D eigenvalue weighted by Gasteiger charge is 2.18. The average Bonchev–Trinajstić information content (AvgIpc) is 2.11. The van der Waals surface area contributed by atoms with Crippen LogP contribution in [-0.2, 0) is 0 Å². The average molecular weight is 275 g/mol. The van der Waals surface area contributed by atoms with Crippen molar-refractivity contribution in [2.75, 3.05) is 6.61 Å². The van der Waals surface area contributed by atoms with E-state index in [1.807, 2.05) is 19.9 Å². The Balaban J connectivity index is 2.91. The van der Waals surface area contributed by atoms with Gasteiger partial charge in [-0.3, -0.25) is 0 Å². The van der Waals surface area contributed by atoms with Crippen LogP contribution in [0.2, 0.25) is 0 Å². The van der Waals surface area contributed by atoms with Crippen LogP contribution in [0, 0.1) is 6.92 Å². The van der Waals surface area contributed by atoms with Gasteiger partial charge < -0.3 is 5.11 Å². The summed E-state index contributed by atoms with van der Waals surface area (Å²) in [5, 5.41) is 9.18. The van der Waals surface area contributed by atoms with Crippen molar-refractivity contribution in [1.82, 2.24) is 0 Å². The molecule has 0 amide bonds.